The minimum atomic E-state index is -0.205. The van der Waals surface area contributed by atoms with Crippen LogP contribution in [0.25, 0.3) is 0 Å². The number of likely N-dealkylation sites (tertiary alicyclic amines) is 1. The van der Waals surface area contributed by atoms with Crippen molar-refractivity contribution in [3.63, 3.8) is 0 Å². The molecule has 3 nitrogen and oxygen atoms in total. The number of rotatable bonds is 2. The Hall–Kier alpha value is -0.120. The number of aliphatic hydroxyl groups is 2. The normalized spacial score (nSPS) is 39.6. The van der Waals surface area contributed by atoms with Gasteiger partial charge in [-0.15, -0.1) is 0 Å². The van der Waals surface area contributed by atoms with Crippen LogP contribution in [0.3, 0.4) is 0 Å². The van der Waals surface area contributed by atoms with Crippen molar-refractivity contribution in [3.8, 4) is 0 Å². The molecule has 1 aliphatic heterocycles. The maximum atomic E-state index is 10.0. The highest BCUT2D eigenvalue weighted by atomic mass is 16.3. The van der Waals surface area contributed by atoms with Crippen LogP contribution in [0.4, 0.5) is 0 Å². The van der Waals surface area contributed by atoms with E-state index in [0.717, 1.165) is 32.4 Å². The first-order valence-electron chi connectivity index (χ1n) is 6.78. The van der Waals surface area contributed by atoms with E-state index in [1.165, 1.54) is 19.3 Å². The van der Waals surface area contributed by atoms with E-state index in [4.69, 9.17) is 0 Å². The van der Waals surface area contributed by atoms with Gasteiger partial charge >= 0.3 is 0 Å². The molecule has 0 aromatic heterocycles. The molecular formula is C13H25NO2. The van der Waals surface area contributed by atoms with Crippen molar-refractivity contribution in [3.05, 3.63) is 0 Å². The lowest BCUT2D eigenvalue weighted by molar-refractivity contribution is -0.0186. The summed E-state index contributed by atoms with van der Waals surface area (Å²) >= 11 is 0. The van der Waals surface area contributed by atoms with Gasteiger partial charge in [0.1, 0.15) is 0 Å². The number of hydrogen-bond acceptors (Lipinski definition) is 3. The molecular weight excluding hydrogens is 202 g/mol. The van der Waals surface area contributed by atoms with Crippen molar-refractivity contribution < 1.29 is 10.2 Å². The minimum absolute atomic E-state index is 0.138. The summed E-state index contributed by atoms with van der Waals surface area (Å²) in [5.74, 6) is 0.405. The Balaban J connectivity index is 1.92. The van der Waals surface area contributed by atoms with E-state index in [-0.39, 0.29) is 12.2 Å². The molecule has 0 spiro atoms. The van der Waals surface area contributed by atoms with Crippen molar-refractivity contribution in [1.29, 1.82) is 0 Å². The zero-order chi connectivity index (χ0) is 11.5. The molecule has 0 aromatic rings. The first kappa shape index (κ1) is 12.3. The number of piperidine rings is 1. The third kappa shape index (κ3) is 2.76. The number of hydrogen-bond donors (Lipinski definition) is 2. The fourth-order valence-corrected chi connectivity index (χ4v) is 3.25. The van der Waals surface area contributed by atoms with Crippen LogP contribution < -0.4 is 0 Å². The van der Waals surface area contributed by atoms with E-state index in [0.29, 0.717) is 12.0 Å². The van der Waals surface area contributed by atoms with Gasteiger partial charge in [0.2, 0.25) is 0 Å². The molecule has 94 valence electrons. The van der Waals surface area contributed by atoms with Crippen LogP contribution in [-0.2, 0) is 0 Å². The highest BCUT2D eigenvalue weighted by molar-refractivity contribution is 4.87. The van der Waals surface area contributed by atoms with Crippen LogP contribution >= 0.6 is 0 Å². The molecule has 2 N–H and O–H groups in total. The summed E-state index contributed by atoms with van der Waals surface area (Å²) in [6.07, 6.45) is 6.47. The second-order valence-electron chi connectivity index (χ2n) is 5.56. The Bertz CT molecular complexity index is 220. The molecule has 0 bridgehead atoms. The van der Waals surface area contributed by atoms with E-state index in [1.54, 1.807) is 0 Å². The molecule has 1 saturated heterocycles. The predicted octanol–water partition coefficient (Wildman–Crippen LogP) is 1.38. The summed E-state index contributed by atoms with van der Waals surface area (Å²) in [4.78, 5) is 2.42. The van der Waals surface area contributed by atoms with Crippen LogP contribution in [0.2, 0.25) is 0 Å². The highest BCUT2D eigenvalue weighted by Crippen LogP contribution is 2.28. The molecule has 4 unspecified atom stereocenters. The third-order valence-electron chi connectivity index (χ3n) is 4.33. The molecule has 0 amide bonds. The lowest BCUT2D eigenvalue weighted by atomic mass is 9.87. The fourth-order valence-electron chi connectivity index (χ4n) is 3.25. The molecule has 1 heterocycles. The van der Waals surface area contributed by atoms with E-state index in [1.807, 2.05) is 6.92 Å². The zero-order valence-corrected chi connectivity index (χ0v) is 10.3. The SMILES string of the molecule is CC(O)C1CCCN(C2CCCCC2O)C1. The van der Waals surface area contributed by atoms with Gasteiger partial charge in [-0.2, -0.15) is 0 Å². The second-order valence-corrected chi connectivity index (χ2v) is 5.56. The monoisotopic (exact) mass is 227 g/mol. The van der Waals surface area contributed by atoms with Crippen molar-refractivity contribution >= 4 is 0 Å². The standard InChI is InChI=1S/C13H25NO2/c1-10(15)11-5-4-8-14(9-11)12-6-2-3-7-13(12)16/h10-13,15-16H,2-9H2,1H3. The summed E-state index contributed by atoms with van der Waals surface area (Å²) in [5, 5.41) is 19.7. The van der Waals surface area contributed by atoms with Crippen molar-refractivity contribution in [2.75, 3.05) is 13.1 Å². The van der Waals surface area contributed by atoms with Gasteiger partial charge in [0.05, 0.1) is 12.2 Å². The average molecular weight is 227 g/mol. The van der Waals surface area contributed by atoms with Gasteiger partial charge in [0.25, 0.3) is 0 Å². The van der Waals surface area contributed by atoms with Crippen LogP contribution in [-0.4, -0.2) is 46.5 Å². The molecule has 2 aliphatic rings. The molecule has 3 heteroatoms. The Morgan fingerprint density at radius 3 is 2.56 bits per heavy atom. The average Bonchev–Trinajstić information content (AvgIpc) is 2.30. The van der Waals surface area contributed by atoms with Gasteiger partial charge in [-0.25, -0.2) is 0 Å². The van der Waals surface area contributed by atoms with Crippen LogP contribution in [0, 0.1) is 5.92 Å². The first-order chi connectivity index (χ1) is 7.68. The Labute approximate surface area is 98.5 Å². The largest absolute Gasteiger partial charge is 0.393 e. The lowest BCUT2D eigenvalue weighted by Crippen LogP contribution is -2.51. The molecule has 4 atom stereocenters. The molecule has 0 radical (unpaired) electrons. The molecule has 16 heavy (non-hydrogen) atoms. The smallest absolute Gasteiger partial charge is 0.0695 e. The maximum absolute atomic E-state index is 10.0. The quantitative estimate of drug-likeness (QED) is 0.749. The van der Waals surface area contributed by atoms with E-state index < -0.39 is 0 Å². The molecule has 2 rings (SSSR count). The molecule has 1 saturated carbocycles. The topological polar surface area (TPSA) is 43.7 Å². The van der Waals surface area contributed by atoms with Gasteiger partial charge in [0, 0.05) is 12.6 Å². The first-order valence-corrected chi connectivity index (χ1v) is 6.78. The van der Waals surface area contributed by atoms with Gasteiger partial charge < -0.3 is 10.2 Å². The van der Waals surface area contributed by atoms with E-state index >= 15 is 0 Å². The lowest BCUT2D eigenvalue weighted by Gasteiger charge is -2.42. The van der Waals surface area contributed by atoms with E-state index in [9.17, 15) is 10.2 Å². The van der Waals surface area contributed by atoms with Gasteiger partial charge in [0.15, 0.2) is 0 Å². The summed E-state index contributed by atoms with van der Waals surface area (Å²) in [6, 6.07) is 0.357. The zero-order valence-electron chi connectivity index (χ0n) is 10.3. The van der Waals surface area contributed by atoms with Crippen molar-refractivity contribution in [2.24, 2.45) is 5.92 Å². The second kappa shape index (κ2) is 5.48. The van der Waals surface area contributed by atoms with Crippen LogP contribution in [0.15, 0.2) is 0 Å². The molecule has 0 aromatic carbocycles. The van der Waals surface area contributed by atoms with Crippen molar-refractivity contribution in [2.45, 2.75) is 63.7 Å². The Morgan fingerprint density at radius 1 is 1.12 bits per heavy atom. The summed E-state index contributed by atoms with van der Waals surface area (Å²) in [7, 11) is 0. The van der Waals surface area contributed by atoms with E-state index in [2.05, 4.69) is 4.90 Å². The summed E-state index contributed by atoms with van der Waals surface area (Å²) in [6.45, 7) is 3.97. The molecule has 1 aliphatic carbocycles. The van der Waals surface area contributed by atoms with Crippen LogP contribution in [0.1, 0.15) is 45.4 Å². The summed E-state index contributed by atoms with van der Waals surface area (Å²) in [5.41, 5.74) is 0. The maximum Gasteiger partial charge on any atom is 0.0695 e. The summed E-state index contributed by atoms with van der Waals surface area (Å²) < 4.78 is 0. The predicted molar refractivity (Wildman–Crippen MR) is 64.2 cm³/mol. The number of aliphatic hydroxyl groups excluding tert-OH is 2. The third-order valence-corrected chi connectivity index (χ3v) is 4.33. The van der Waals surface area contributed by atoms with Gasteiger partial charge in [-0.1, -0.05) is 12.8 Å². The Kier molecular flexibility index (Phi) is 4.22. The Morgan fingerprint density at radius 2 is 1.88 bits per heavy atom. The number of nitrogens with zero attached hydrogens (tertiary/aromatic N) is 1. The highest BCUT2D eigenvalue weighted by Gasteiger charge is 2.32. The molecule has 2 fully saturated rings. The minimum Gasteiger partial charge on any atom is -0.393 e. The van der Waals surface area contributed by atoms with Crippen LogP contribution in [0.5, 0.6) is 0 Å². The van der Waals surface area contributed by atoms with Gasteiger partial charge in [-0.05, 0) is 45.1 Å². The van der Waals surface area contributed by atoms with Gasteiger partial charge in [-0.3, -0.25) is 4.90 Å². The fraction of sp³-hybridized carbons (Fsp3) is 1.00. The van der Waals surface area contributed by atoms with Crippen molar-refractivity contribution in [1.82, 2.24) is 4.90 Å².